The maximum absolute atomic E-state index is 11.5. The molecule has 6 nitrogen and oxygen atoms in total. The molecule has 0 aliphatic carbocycles. The van der Waals surface area contributed by atoms with E-state index in [1.165, 1.54) is 0 Å². The number of piperidine rings is 1. The van der Waals surface area contributed by atoms with Crippen LogP contribution in [0.5, 0.6) is 17.2 Å². The summed E-state index contributed by atoms with van der Waals surface area (Å²) in [4.78, 5) is 13.9. The van der Waals surface area contributed by atoms with E-state index in [0.29, 0.717) is 32.5 Å². The lowest BCUT2D eigenvalue weighted by molar-refractivity contribution is -0.143. The fourth-order valence-corrected chi connectivity index (χ4v) is 4.65. The lowest BCUT2D eigenvalue weighted by Crippen LogP contribution is -2.39. The van der Waals surface area contributed by atoms with Gasteiger partial charge in [0.2, 0.25) is 6.79 Å². The Bertz CT molecular complexity index is 1110. The molecule has 5 rings (SSSR count). The Labute approximate surface area is 193 Å². The van der Waals surface area contributed by atoms with Gasteiger partial charge in [-0.1, -0.05) is 54.6 Å². The van der Waals surface area contributed by atoms with Crippen LogP contribution in [0.15, 0.2) is 72.8 Å². The number of para-hydroxylation sites is 1. The number of ether oxygens (including phenoxy) is 3. The van der Waals surface area contributed by atoms with Crippen molar-refractivity contribution in [2.24, 2.45) is 5.92 Å². The first-order chi connectivity index (χ1) is 16.2. The smallest absolute Gasteiger partial charge is 0.306 e. The van der Waals surface area contributed by atoms with Crippen LogP contribution in [0.3, 0.4) is 0 Å². The van der Waals surface area contributed by atoms with E-state index in [4.69, 9.17) is 14.2 Å². The molecule has 3 aromatic rings. The molecule has 1 unspecified atom stereocenters. The van der Waals surface area contributed by atoms with Gasteiger partial charge in [-0.2, -0.15) is 0 Å². The van der Waals surface area contributed by atoms with Gasteiger partial charge in [0, 0.05) is 5.56 Å². The molecule has 0 amide bonds. The minimum absolute atomic E-state index is 0.0822. The van der Waals surface area contributed by atoms with Crippen molar-refractivity contribution >= 4 is 5.97 Å². The predicted molar refractivity (Wildman–Crippen MR) is 124 cm³/mol. The Balaban J connectivity index is 1.48. The number of likely N-dealkylation sites (tertiary alicyclic amines) is 1. The van der Waals surface area contributed by atoms with Gasteiger partial charge in [-0.05, 0) is 55.3 Å². The number of carboxylic acids is 1. The number of hydrogen-bond acceptors (Lipinski definition) is 5. The van der Waals surface area contributed by atoms with E-state index in [0.717, 1.165) is 33.9 Å². The van der Waals surface area contributed by atoms with Crippen molar-refractivity contribution < 1.29 is 24.1 Å². The Hall–Kier alpha value is -3.51. The highest BCUT2D eigenvalue weighted by molar-refractivity contribution is 5.70. The van der Waals surface area contributed by atoms with Crippen molar-refractivity contribution in [2.75, 3.05) is 19.9 Å². The summed E-state index contributed by atoms with van der Waals surface area (Å²) in [6, 6.07) is 24.2. The van der Waals surface area contributed by atoms with E-state index in [1.54, 1.807) is 0 Å². The molecular weight excluding hydrogens is 418 g/mol. The van der Waals surface area contributed by atoms with Crippen LogP contribution in [-0.2, 0) is 11.4 Å². The molecular formula is C27H27NO5. The van der Waals surface area contributed by atoms with Gasteiger partial charge in [-0.25, -0.2) is 0 Å². The molecule has 2 heterocycles. The molecule has 6 heteroatoms. The average Bonchev–Trinajstić information content (AvgIpc) is 3.33. The molecule has 1 fully saturated rings. The zero-order valence-electron chi connectivity index (χ0n) is 18.4. The summed E-state index contributed by atoms with van der Waals surface area (Å²) in [6.45, 7) is 2.10. The standard InChI is InChI=1S/C27H27NO5/c29-27(30)20-12-14-28(15-13-20)26(21-10-11-24-25(16-21)33-18-32-24)22-8-4-5-9-23(22)31-17-19-6-2-1-3-7-19/h1-11,16,20,26H,12-15,17-18H2,(H,29,30). The van der Waals surface area contributed by atoms with Gasteiger partial charge in [0.25, 0.3) is 0 Å². The SMILES string of the molecule is O=C(O)C1CCN(C(c2ccc3c(c2)OCO3)c2ccccc2OCc2ccccc2)CC1. The third kappa shape index (κ3) is 4.66. The topological polar surface area (TPSA) is 68.2 Å². The monoisotopic (exact) mass is 445 g/mol. The number of carbonyl (C=O) groups is 1. The number of rotatable bonds is 7. The minimum atomic E-state index is -0.708. The number of carboxylic acid groups (broad SMARTS) is 1. The number of benzene rings is 3. The van der Waals surface area contributed by atoms with Crippen LogP contribution in [0.25, 0.3) is 0 Å². The quantitative estimate of drug-likeness (QED) is 0.559. The van der Waals surface area contributed by atoms with Crippen molar-refractivity contribution in [1.29, 1.82) is 0 Å². The second-order valence-electron chi connectivity index (χ2n) is 8.48. The molecule has 1 atom stereocenters. The lowest BCUT2D eigenvalue weighted by atomic mass is 9.90. The van der Waals surface area contributed by atoms with Crippen LogP contribution in [0, 0.1) is 5.92 Å². The molecule has 1 N–H and O–H groups in total. The number of hydrogen-bond donors (Lipinski definition) is 1. The zero-order chi connectivity index (χ0) is 22.6. The van der Waals surface area contributed by atoms with E-state index in [2.05, 4.69) is 29.2 Å². The summed E-state index contributed by atoms with van der Waals surface area (Å²) < 4.78 is 17.4. The molecule has 0 spiro atoms. The minimum Gasteiger partial charge on any atom is -0.489 e. The highest BCUT2D eigenvalue weighted by Crippen LogP contribution is 2.41. The van der Waals surface area contributed by atoms with Gasteiger partial charge < -0.3 is 19.3 Å². The summed E-state index contributed by atoms with van der Waals surface area (Å²) in [6.07, 6.45) is 1.26. The Morgan fingerprint density at radius 3 is 2.48 bits per heavy atom. The highest BCUT2D eigenvalue weighted by Gasteiger charge is 2.32. The number of aliphatic carboxylic acids is 1. The molecule has 2 aliphatic heterocycles. The van der Waals surface area contributed by atoms with Crippen LogP contribution in [0.4, 0.5) is 0 Å². The zero-order valence-corrected chi connectivity index (χ0v) is 18.4. The van der Waals surface area contributed by atoms with Gasteiger partial charge in [0.1, 0.15) is 12.4 Å². The Morgan fingerprint density at radius 2 is 1.70 bits per heavy atom. The molecule has 0 bridgehead atoms. The molecule has 1 saturated heterocycles. The Morgan fingerprint density at radius 1 is 0.970 bits per heavy atom. The Kier molecular flexibility index (Phi) is 6.17. The predicted octanol–water partition coefficient (Wildman–Crippen LogP) is 4.88. The fourth-order valence-electron chi connectivity index (χ4n) is 4.65. The third-order valence-electron chi connectivity index (χ3n) is 6.41. The van der Waals surface area contributed by atoms with Crippen molar-refractivity contribution in [2.45, 2.75) is 25.5 Å². The first-order valence-corrected chi connectivity index (χ1v) is 11.3. The summed E-state index contributed by atoms with van der Waals surface area (Å²) in [5.41, 5.74) is 3.24. The fraction of sp³-hybridized carbons (Fsp3) is 0.296. The van der Waals surface area contributed by atoms with Crippen molar-refractivity contribution in [1.82, 2.24) is 4.90 Å². The number of fused-ring (bicyclic) bond motifs is 1. The first-order valence-electron chi connectivity index (χ1n) is 11.3. The van der Waals surface area contributed by atoms with Gasteiger partial charge in [-0.15, -0.1) is 0 Å². The maximum Gasteiger partial charge on any atom is 0.306 e. The van der Waals surface area contributed by atoms with Crippen molar-refractivity contribution in [3.8, 4) is 17.2 Å². The lowest BCUT2D eigenvalue weighted by Gasteiger charge is -2.37. The summed E-state index contributed by atoms with van der Waals surface area (Å²) >= 11 is 0. The summed E-state index contributed by atoms with van der Waals surface area (Å²) in [5.74, 6) is 1.31. The van der Waals surface area contributed by atoms with E-state index >= 15 is 0 Å². The number of nitrogens with zero attached hydrogens (tertiary/aromatic N) is 1. The van der Waals surface area contributed by atoms with Gasteiger partial charge in [0.05, 0.1) is 12.0 Å². The molecule has 0 aromatic heterocycles. The van der Waals surface area contributed by atoms with Gasteiger partial charge in [0.15, 0.2) is 11.5 Å². The molecule has 0 radical (unpaired) electrons. The molecule has 170 valence electrons. The summed E-state index contributed by atoms with van der Waals surface area (Å²) in [5, 5.41) is 9.46. The maximum atomic E-state index is 11.5. The summed E-state index contributed by atoms with van der Waals surface area (Å²) in [7, 11) is 0. The van der Waals surface area contributed by atoms with Crippen LogP contribution in [0.2, 0.25) is 0 Å². The van der Waals surface area contributed by atoms with Crippen molar-refractivity contribution in [3.05, 3.63) is 89.5 Å². The normalized spacial score (nSPS) is 17.0. The average molecular weight is 446 g/mol. The van der Waals surface area contributed by atoms with Gasteiger partial charge in [-0.3, -0.25) is 9.69 Å². The third-order valence-corrected chi connectivity index (χ3v) is 6.41. The van der Waals surface area contributed by atoms with E-state index in [-0.39, 0.29) is 18.8 Å². The van der Waals surface area contributed by atoms with E-state index in [9.17, 15) is 9.90 Å². The highest BCUT2D eigenvalue weighted by atomic mass is 16.7. The van der Waals surface area contributed by atoms with Gasteiger partial charge >= 0.3 is 5.97 Å². The van der Waals surface area contributed by atoms with Crippen molar-refractivity contribution in [3.63, 3.8) is 0 Å². The molecule has 2 aliphatic rings. The largest absolute Gasteiger partial charge is 0.489 e. The van der Waals surface area contributed by atoms with Crippen LogP contribution < -0.4 is 14.2 Å². The van der Waals surface area contributed by atoms with E-state index in [1.807, 2.05) is 48.5 Å². The molecule has 3 aromatic carbocycles. The molecule has 33 heavy (non-hydrogen) atoms. The second kappa shape index (κ2) is 9.55. The van der Waals surface area contributed by atoms with Crippen LogP contribution >= 0.6 is 0 Å². The second-order valence-corrected chi connectivity index (χ2v) is 8.48. The molecule has 0 saturated carbocycles. The first kappa shape index (κ1) is 21.3. The van der Waals surface area contributed by atoms with Crippen LogP contribution in [-0.4, -0.2) is 35.9 Å². The van der Waals surface area contributed by atoms with Crippen LogP contribution in [0.1, 0.15) is 35.6 Å². The van der Waals surface area contributed by atoms with E-state index < -0.39 is 5.97 Å².